The van der Waals surface area contributed by atoms with Gasteiger partial charge in [-0.3, -0.25) is 4.99 Å². The van der Waals surface area contributed by atoms with Crippen molar-refractivity contribution in [3.63, 3.8) is 0 Å². The highest BCUT2D eigenvalue weighted by Gasteiger charge is 2.36. The maximum Gasteiger partial charge on any atom is 0.191 e. The van der Waals surface area contributed by atoms with E-state index in [1.165, 1.54) is 44.9 Å². The van der Waals surface area contributed by atoms with Crippen molar-refractivity contribution < 1.29 is 4.74 Å². The van der Waals surface area contributed by atoms with E-state index in [0.717, 1.165) is 38.6 Å². The number of hydrogen-bond donors (Lipinski definition) is 2. The average Bonchev–Trinajstić information content (AvgIpc) is 2.90. The average molecular weight is 309 g/mol. The van der Waals surface area contributed by atoms with Crippen LogP contribution in [0, 0.1) is 10.8 Å². The van der Waals surface area contributed by atoms with E-state index in [-0.39, 0.29) is 0 Å². The predicted molar refractivity (Wildman–Crippen MR) is 93.3 cm³/mol. The van der Waals surface area contributed by atoms with E-state index in [4.69, 9.17) is 9.73 Å². The zero-order valence-corrected chi connectivity index (χ0v) is 14.8. The first-order chi connectivity index (χ1) is 10.6. The van der Waals surface area contributed by atoms with Gasteiger partial charge in [-0.05, 0) is 49.9 Å². The van der Waals surface area contributed by atoms with Crippen molar-refractivity contribution in [3.05, 3.63) is 0 Å². The molecule has 0 heterocycles. The summed E-state index contributed by atoms with van der Waals surface area (Å²) in [6.07, 6.45) is 10.6. The maximum atomic E-state index is 5.28. The van der Waals surface area contributed by atoms with Gasteiger partial charge in [-0.2, -0.15) is 0 Å². The lowest BCUT2D eigenvalue weighted by Gasteiger charge is -2.42. The number of guanidine groups is 1. The largest absolute Gasteiger partial charge is 0.385 e. The molecule has 4 heteroatoms. The normalized spacial score (nSPS) is 23.1. The monoisotopic (exact) mass is 309 g/mol. The Morgan fingerprint density at radius 2 is 1.82 bits per heavy atom. The molecule has 2 aliphatic carbocycles. The second kappa shape index (κ2) is 8.19. The summed E-state index contributed by atoms with van der Waals surface area (Å²) < 4.78 is 5.28. The number of ether oxygens (including phenoxy) is 1. The molecule has 2 N–H and O–H groups in total. The van der Waals surface area contributed by atoms with Crippen molar-refractivity contribution in [2.45, 2.75) is 65.2 Å². The van der Waals surface area contributed by atoms with Crippen LogP contribution in [0.4, 0.5) is 0 Å². The number of methoxy groups -OCH3 is 1. The lowest BCUT2D eigenvalue weighted by molar-refractivity contribution is 0.0732. The molecule has 0 radical (unpaired) electrons. The Hall–Kier alpha value is -0.770. The van der Waals surface area contributed by atoms with E-state index in [1.54, 1.807) is 7.11 Å². The molecule has 4 nitrogen and oxygen atoms in total. The second-order valence-corrected chi connectivity index (χ2v) is 7.66. The minimum Gasteiger partial charge on any atom is -0.385 e. The standard InChI is InChI=1S/C18H35N3O/c1-4-19-16(20-14-17(2)8-5-6-9-17)21-15-18(10-7-11-18)12-13-22-3/h4-15H2,1-3H3,(H2,19,20,21). The minimum atomic E-state index is 0.423. The van der Waals surface area contributed by atoms with Crippen LogP contribution in [0.3, 0.4) is 0 Å². The van der Waals surface area contributed by atoms with Crippen molar-refractivity contribution >= 4 is 5.96 Å². The Balaban J connectivity index is 1.85. The smallest absolute Gasteiger partial charge is 0.191 e. The van der Waals surface area contributed by atoms with Crippen LogP contribution < -0.4 is 10.6 Å². The van der Waals surface area contributed by atoms with E-state index in [1.807, 2.05) is 0 Å². The SMILES string of the molecule is CCNC(=NCC1(C)CCCC1)NCC1(CCOC)CCC1. The molecule has 2 aliphatic rings. The van der Waals surface area contributed by atoms with Crippen LogP contribution in [0.2, 0.25) is 0 Å². The fourth-order valence-electron chi connectivity index (χ4n) is 3.78. The fourth-order valence-corrected chi connectivity index (χ4v) is 3.78. The number of hydrogen-bond acceptors (Lipinski definition) is 2. The molecule has 0 aromatic rings. The lowest BCUT2D eigenvalue weighted by atomic mass is 9.67. The molecular weight excluding hydrogens is 274 g/mol. The molecule has 0 atom stereocenters. The van der Waals surface area contributed by atoms with E-state index >= 15 is 0 Å². The van der Waals surface area contributed by atoms with E-state index < -0.39 is 0 Å². The summed E-state index contributed by atoms with van der Waals surface area (Å²) in [5.74, 6) is 0.999. The molecule has 2 rings (SSSR count). The van der Waals surface area contributed by atoms with Crippen LogP contribution in [-0.4, -0.2) is 39.3 Å². The van der Waals surface area contributed by atoms with Crippen molar-refractivity contribution in [1.82, 2.24) is 10.6 Å². The second-order valence-electron chi connectivity index (χ2n) is 7.66. The van der Waals surface area contributed by atoms with Gasteiger partial charge >= 0.3 is 0 Å². The summed E-state index contributed by atoms with van der Waals surface area (Å²) in [5.41, 5.74) is 0.857. The third-order valence-corrected chi connectivity index (χ3v) is 5.66. The molecule has 0 amide bonds. The topological polar surface area (TPSA) is 45.7 Å². The van der Waals surface area contributed by atoms with Gasteiger partial charge in [0, 0.05) is 33.4 Å². The third kappa shape index (κ3) is 4.87. The zero-order valence-electron chi connectivity index (χ0n) is 14.8. The number of aliphatic imine (C=N–C) groups is 1. The van der Waals surface area contributed by atoms with Crippen molar-refractivity contribution in [2.75, 3.05) is 33.4 Å². The fraction of sp³-hybridized carbons (Fsp3) is 0.944. The molecule has 0 aromatic heterocycles. The summed E-state index contributed by atoms with van der Waals surface area (Å²) >= 11 is 0. The van der Waals surface area contributed by atoms with Crippen LogP contribution in [-0.2, 0) is 4.74 Å². The first kappa shape index (κ1) is 17.6. The van der Waals surface area contributed by atoms with E-state index in [9.17, 15) is 0 Å². The van der Waals surface area contributed by atoms with Gasteiger partial charge in [-0.1, -0.05) is 26.2 Å². The van der Waals surface area contributed by atoms with Crippen LogP contribution >= 0.6 is 0 Å². The first-order valence-electron chi connectivity index (χ1n) is 9.13. The zero-order chi connectivity index (χ0) is 15.9. The van der Waals surface area contributed by atoms with Crippen LogP contribution in [0.5, 0.6) is 0 Å². The lowest BCUT2D eigenvalue weighted by Crippen LogP contribution is -2.47. The molecule has 2 fully saturated rings. The summed E-state index contributed by atoms with van der Waals surface area (Å²) in [7, 11) is 1.80. The summed E-state index contributed by atoms with van der Waals surface area (Å²) in [6.45, 7) is 8.30. The molecule has 0 unspecified atom stereocenters. The highest BCUT2D eigenvalue weighted by molar-refractivity contribution is 5.79. The summed E-state index contributed by atoms with van der Waals surface area (Å²) in [4.78, 5) is 4.87. The molecule has 0 aliphatic heterocycles. The van der Waals surface area contributed by atoms with Gasteiger partial charge in [-0.15, -0.1) is 0 Å². The minimum absolute atomic E-state index is 0.423. The Kier molecular flexibility index (Phi) is 6.54. The predicted octanol–water partition coefficient (Wildman–Crippen LogP) is 3.33. The van der Waals surface area contributed by atoms with Gasteiger partial charge in [-0.25, -0.2) is 0 Å². The number of nitrogens with one attached hydrogen (secondary N) is 2. The van der Waals surface area contributed by atoms with Gasteiger partial charge < -0.3 is 15.4 Å². The molecule has 2 saturated carbocycles. The Labute approximate surface area is 136 Å². The molecule has 0 bridgehead atoms. The van der Waals surface area contributed by atoms with Gasteiger partial charge in [0.25, 0.3) is 0 Å². The third-order valence-electron chi connectivity index (χ3n) is 5.66. The van der Waals surface area contributed by atoms with Gasteiger partial charge in [0.2, 0.25) is 0 Å². The van der Waals surface area contributed by atoms with Crippen molar-refractivity contribution in [3.8, 4) is 0 Å². The number of rotatable bonds is 8. The molecule has 0 aromatic carbocycles. The molecule has 0 saturated heterocycles. The number of nitrogens with zero attached hydrogens (tertiary/aromatic N) is 1. The van der Waals surface area contributed by atoms with Gasteiger partial charge in [0.1, 0.15) is 0 Å². The Morgan fingerprint density at radius 1 is 1.09 bits per heavy atom. The summed E-state index contributed by atoms with van der Waals surface area (Å²) in [6, 6.07) is 0. The highest BCUT2D eigenvalue weighted by atomic mass is 16.5. The van der Waals surface area contributed by atoms with Crippen LogP contribution in [0.25, 0.3) is 0 Å². The van der Waals surface area contributed by atoms with Crippen LogP contribution in [0.15, 0.2) is 4.99 Å². The quantitative estimate of drug-likeness (QED) is 0.534. The Bertz CT molecular complexity index is 357. The molecular formula is C18H35N3O. The molecule has 128 valence electrons. The molecule has 0 spiro atoms. The van der Waals surface area contributed by atoms with Gasteiger partial charge in [0.15, 0.2) is 5.96 Å². The van der Waals surface area contributed by atoms with Gasteiger partial charge in [0.05, 0.1) is 0 Å². The van der Waals surface area contributed by atoms with Crippen LogP contribution in [0.1, 0.15) is 65.2 Å². The van der Waals surface area contributed by atoms with E-state index in [2.05, 4.69) is 24.5 Å². The molecule has 22 heavy (non-hydrogen) atoms. The Morgan fingerprint density at radius 3 is 2.36 bits per heavy atom. The highest BCUT2D eigenvalue weighted by Crippen LogP contribution is 2.43. The van der Waals surface area contributed by atoms with E-state index in [0.29, 0.717) is 10.8 Å². The first-order valence-corrected chi connectivity index (χ1v) is 9.13. The summed E-state index contributed by atoms with van der Waals surface area (Å²) in [5, 5.41) is 7.01. The van der Waals surface area contributed by atoms with Crippen molar-refractivity contribution in [2.24, 2.45) is 15.8 Å². The van der Waals surface area contributed by atoms with Crippen molar-refractivity contribution in [1.29, 1.82) is 0 Å². The maximum absolute atomic E-state index is 5.28.